The standard InChI is InChI=1S/C23H28N6O3S/c1-4-29-21(9-16(2)26-29)23(31)28-12-20(32-14-18-7-5-6-8-24-18)11-27(22(30)13-28)10-19-15-33-17(3)25-19/h5-9,15,20H,4,10-14H2,1-3H3/t20-/m0/s1. The van der Waals surface area contributed by atoms with E-state index in [1.165, 1.54) is 0 Å². The van der Waals surface area contributed by atoms with E-state index < -0.39 is 0 Å². The fraction of sp³-hybridized carbons (Fsp3) is 0.435. The lowest BCUT2D eigenvalue weighted by Gasteiger charge is -2.24. The van der Waals surface area contributed by atoms with Gasteiger partial charge in [-0.25, -0.2) is 4.98 Å². The van der Waals surface area contributed by atoms with Gasteiger partial charge in [0.2, 0.25) is 5.91 Å². The molecule has 0 N–H and O–H groups in total. The van der Waals surface area contributed by atoms with Crippen molar-refractivity contribution >= 4 is 23.2 Å². The molecule has 0 bridgehead atoms. The lowest BCUT2D eigenvalue weighted by atomic mass is 10.2. The number of aryl methyl sites for hydroxylation is 3. The second-order valence-corrected chi connectivity index (χ2v) is 9.12. The van der Waals surface area contributed by atoms with E-state index in [1.54, 1.807) is 38.1 Å². The van der Waals surface area contributed by atoms with Gasteiger partial charge in [0.1, 0.15) is 12.2 Å². The first kappa shape index (κ1) is 23.1. The lowest BCUT2D eigenvalue weighted by Crippen LogP contribution is -2.40. The van der Waals surface area contributed by atoms with Gasteiger partial charge in [-0.2, -0.15) is 5.10 Å². The molecule has 1 saturated heterocycles. The molecule has 0 aliphatic carbocycles. The van der Waals surface area contributed by atoms with Crippen molar-refractivity contribution < 1.29 is 14.3 Å². The molecule has 174 valence electrons. The maximum Gasteiger partial charge on any atom is 0.272 e. The molecule has 33 heavy (non-hydrogen) atoms. The van der Waals surface area contributed by atoms with Crippen molar-refractivity contribution in [3.05, 3.63) is 63.6 Å². The molecule has 3 aromatic heterocycles. The van der Waals surface area contributed by atoms with Gasteiger partial charge in [0.05, 0.1) is 41.3 Å². The Morgan fingerprint density at radius 1 is 1.24 bits per heavy atom. The zero-order valence-electron chi connectivity index (χ0n) is 19.1. The van der Waals surface area contributed by atoms with Crippen LogP contribution in [0, 0.1) is 13.8 Å². The van der Waals surface area contributed by atoms with Gasteiger partial charge >= 0.3 is 0 Å². The highest BCUT2D eigenvalue weighted by Gasteiger charge is 2.33. The molecule has 0 saturated carbocycles. The number of hydrogen-bond donors (Lipinski definition) is 0. The van der Waals surface area contributed by atoms with Gasteiger partial charge in [0.15, 0.2) is 0 Å². The Labute approximate surface area is 197 Å². The van der Waals surface area contributed by atoms with Crippen LogP contribution in [0.15, 0.2) is 35.8 Å². The van der Waals surface area contributed by atoms with Crippen LogP contribution in [0.2, 0.25) is 0 Å². The van der Waals surface area contributed by atoms with Crippen LogP contribution in [-0.2, 0) is 29.2 Å². The summed E-state index contributed by atoms with van der Waals surface area (Å²) in [6.07, 6.45) is 1.36. The van der Waals surface area contributed by atoms with E-state index in [9.17, 15) is 9.59 Å². The summed E-state index contributed by atoms with van der Waals surface area (Å²) in [6.45, 7) is 7.66. The number of carbonyl (C=O) groups is 2. The van der Waals surface area contributed by atoms with Gasteiger partial charge in [-0.05, 0) is 39.0 Å². The van der Waals surface area contributed by atoms with Crippen LogP contribution in [0.4, 0.5) is 0 Å². The highest BCUT2D eigenvalue weighted by molar-refractivity contribution is 7.09. The lowest BCUT2D eigenvalue weighted by molar-refractivity contribution is -0.132. The molecule has 4 heterocycles. The number of thiazole rings is 1. The van der Waals surface area contributed by atoms with Crippen LogP contribution in [0.25, 0.3) is 0 Å². The van der Waals surface area contributed by atoms with Gasteiger partial charge in [-0.15, -0.1) is 11.3 Å². The molecule has 3 aromatic rings. The Bertz CT molecular complexity index is 1110. The van der Waals surface area contributed by atoms with Crippen molar-refractivity contribution in [2.24, 2.45) is 0 Å². The van der Waals surface area contributed by atoms with Gasteiger partial charge in [0, 0.05) is 31.2 Å². The third-order valence-corrected chi connectivity index (χ3v) is 6.27. The minimum atomic E-state index is -0.360. The number of rotatable bonds is 7. The summed E-state index contributed by atoms with van der Waals surface area (Å²) in [5, 5.41) is 7.30. The van der Waals surface area contributed by atoms with Gasteiger partial charge < -0.3 is 14.5 Å². The third-order valence-electron chi connectivity index (χ3n) is 5.45. The SMILES string of the molecule is CCn1nc(C)cc1C(=O)N1CC(=O)N(Cc2csc(C)n2)C[C@H](OCc2ccccn2)C1. The summed E-state index contributed by atoms with van der Waals surface area (Å²) in [5.74, 6) is -0.346. The highest BCUT2D eigenvalue weighted by Crippen LogP contribution is 2.18. The normalized spacial score (nSPS) is 16.8. The van der Waals surface area contributed by atoms with Crippen LogP contribution in [-0.4, -0.2) is 67.1 Å². The van der Waals surface area contributed by atoms with Crippen LogP contribution in [0.3, 0.4) is 0 Å². The van der Waals surface area contributed by atoms with Crippen molar-refractivity contribution in [2.45, 2.75) is 46.6 Å². The highest BCUT2D eigenvalue weighted by atomic mass is 32.1. The monoisotopic (exact) mass is 468 g/mol. The number of aromatic nitrogens is 4. The zero-order chi connectivity index (χ0) is 23.4. The van der Waals surface area contributed by atoms with Gasteiger partial charge in [-0.1, -0.05) is 6.07 Å². The Morgan fingerprint density at radius 2 is 2.09 bits per heavy atom. The minimum Gasteiger partial charge on any atom is -0.368 e. The molecular formula is C23H28N6O3S. The van der Waals surface area contributed by atoms with Crippen molar-refractivity contribution in [1.82, 2.24) is 29.5 Å². The fourth-order valence-electron chi connectivity index (χ4n) is 3.88. The van der Waals surface area contributed by atoms with Crippen molar-refractivity contribution in [2.75, 3.05) is 19.6 Å². The molecule has 0 unspecified atom stereocenters. The summed E-state index contributed by atoms with van der Waals surface area (Å²) < 4.78 is 7.83. The first-order valence-electron chi connectivity index (χ1n) is 11.0. The molecule has 0 aromatic carbocycles. The second-order valence-electron chi connectivity index (χ2n) is 8.06. The van der Waals surface area contributed by atoms with E-state index in [4.69, 9.17) is 4.74 Å². The number of ether oxygens (including phenoxy) is 1. The van der Waals surface area contributed by atoms with Crippen LogP contribution >= 0.6 is 11.3 Å². The number of pyridine rings is 1. The summed E-state index contributed by atoms with van der Waals surface area (Å²) >= 11 is 1.55. The molecular weight excluding hydrogens is 440 g/mol. The fourth-order valence-corrected chi connectivity index (χ4v) is 4.48. The molecule has 2 amide bonds. The Morgan fingerprint density at radius 3 is 2.79 bits per heavy atom. The van der Waals surface area contributed by atoms with E-state index in [2.05, 4.69) is 15.1 Å². The summed E-state index contributed by atoms with van der Waals surface area (Å²) in [4.78, 5) is 38.7. The summed E-state index contributed by atoms with van der Waals surface area (Å²) in [6, 6.07) is 7.41. The zero-order valence-corrected chi connectivity index (χ0v) is 19.9. The maximum atomic E-state index is 13.4. The van der Waals surface area contributed by atoms with E-state index >= 15 is 0 Å². The molecule has 10 heteroatoms. The molecule has 1 fully saturated rings. The number of amides is 2. The molecule has 9 nitrogen and oxygen atoms in total. The van der Waals surface area contributed by atoms with Crippen molar-refractivity contribution in [3.8, 4) is 0 Å². The van der Waals surface area contributed by atoms with E-state index in [0.29, 0.717) is 38.5 Å². The van der Waals surface area contributed by atoms with Gasteiger partial charge in [0.25, 0.3) is 5.91 Å². The third kappa shape index (κ3) is 5.63. The number of carbonyl (C=O) groups excluding carboxylic acids is 2. The molecule has 1 aliphatic rings. The summed E-state index contributed by atoms with van der Waals surface area (Å²) in [5.41, 5.74) is 2.89. The molecule has 4 rings (SSSR count). The first-order valence-corrected chi connectivity index (χ1v) is 11.8. The predicted octanol–water partition coefficient (Wildman–Crippen LogP) is 2.44. The quantitative estimate of drug-likeness (QED) is 0.529. The predicted molar refractivity (Wildman–Crippen MR) is 124 cm³/mol. The Hall–Kier alpha value is -3.11. The Kier molecular flexibility index (Phi) is 7.14. The topological polar surface area (TPSA) is 93.5 Å². The minimum absolute atomic E-state index is 0.0145. The van der Waals surface area contributed by atoms with Crippen molar-refractivity contribution in [3.63, 3.8) is 0 Å². The second kappa shape index (κ2) is 10.2. The van der Waals surface area contributed by atoms with Crippen molar-refractivity contribution in [1.29, 1.82) is 0 Å². The molecule has 1 atom stereocenters. The molecule has 0 spiro atoms. The van der Waals surface area contributed by atoms with Crippen LogP contribution < -0.4 is 0 Å². The smallest absolute Gasteiger partial charge is 0.272 e. The van der Waals surface area contributed by atoms with E-state index in [0.717, 1.165) is 22.1 Å². The summed E-state index contributed by atoms with van der Waals surface area (Å²) in [7, 11) is 0. The number of nitrogens with zero attached hydrogens (tertiary/aromatic N) is 6. The largest absolute Gasteiger partial charge is 0.368 e. The van der Waals surface area contributed by atoms with E-state index in [1.807, 2.05) is 44.4 Å². The Balaban J connectivity index is 1.55. The molecule has 0 radical (unpaired) electrons. The average Bonchev–Trinajstić information content (AvgIpc) is 3.36. The van der Waals surface area contributed by atoms with Crippen LogP contribution in [0.5, 0.6) is 0 Å². The van der Waals surface area contributed by atoms with Gasteiger partial charge in [-0.3, -0.25) is 19.3 Å². The maximum absolute atomic E-state index is 13.4. The first-order chi connectivity index (χ1) is 15.9. The molecule has 1 aliphatic heterocycles. The average molecular weight is 469 g/mol. The van der Waals surface area contributed by atoms with E-state index in [-0.39, 0.29) is 24.5 Å². The van der Waals surface area contributed by atoms with Crippen LogP contribution in [0.1, 0.15) is 39.5 Å². The number of hydrogen-bond acceptors (Lipinski definition) is 7.